The van der Waals surface area contributed by atoms with E-state index in [1.54, 1.807) is 0 Å². The summed E-state index contributed by atoms with van der Waals surface area (Å²) in [5.74, 6) is 3.11. The molecule has 2 rings (SSSR count). The molecule has 0 radical (unpaired) electrons. The Morgan fingerprint density at radius 3 is 2.40 bits per heavy atom. The van der Waals surface area contributed by atoms with Gasteiger partial charge in [0, 0.05) is 12.3 Å². The van der Waals surface area contributed by atoms with Gasteiger partial charge in [-0.25, -0.2) is 0 Å². The van der Waals surface area contributed by atoms with Crippen LogP contribution in [-0.4, -0.2) is 10.2 Å². The molecule has 0 unspecified atom stereocenters. The molecule has 1 fully saturated rings. The normalized spacial score (nSPS) is 26.8. The summed E-state index contributed by atoms with van der Waals surface area (Å²) in [4.78, 5) is 0. The molecule has 0 atom stereocenters. The number of aromatic nitrogens is 2. The number of rotatable bonds is 3. The van der Waals surface area contributed by atoms with Gasteiger partial charge in [-0.1, -0.05) is 20.3 Å². The van der Waals surface area contributed by atoms with Gasteiger partial charge in [-0.05, 0) is 31.6 Å². The third-order valence-corrected chi connectivity index (χ3v) is 3.56. The van der Waals surface area contributed by atoms with Crippen LogP contribution in [0, 0.1) is 5.92 Å². The van der Waals surface area contributed by atoms with E-state index in [0.29, 0.717) is 5.92 Å². The van der Waals surface area contributed by atoms with E-state index < -0.39 is 0 Å². The highest BCUT2D eigenvalue weighted by Gasteiger charge is 2.25. The van der Waals surface area contributed by atoms with Gasteiger partial charge in [0.1, 0.15) is 0 Å². The van der Waals surface area contributed by atoms with Crippen molar-refractivity contribution < 1.29 is 4.42 Å². The monoisotopic (exact) mass is 208 g/mol. The van der Waals surface area contributed by atoms with Gasteiger partial charge >= 0.3 is 0 Å². The van der Waals surface area contributed by atoms with Crippen LogP contribution in [0.15, 0.2) is 4.42 Å². The lowest BCUT2D eigenvalue weighted by molar-refractivity contribution is 0.284. The summed E-state index contributed by atoms with van der Waals surface area (Å²) >= 11 is 0. The second-order valence-electron chi connectivity index (χ2n) is 4.51. The second-order valence-corrected chi connectivity index (χ2v) is 4.51. The molecule has 0 N–H and O–H groups in total. The summed E-state index contributed by atoms with van der Waals surface area (Å²) in [6.07, 6.45) is 7.26. The Morgan fingerprint density at radius 1 is 1.13 bits per heavy atom. The zero-order chi connectivity index (χ0) is 10.7. The Bertz CT molecular complexity index is 300. The average Bonchev–Trinajstić information content (AvgIpc) is 2.78. The van der Waals surface area contributed by atoms with Gasteiger partial charge in [0.05, 0.1) is 0 Å². The Balaban J connectivity index is 1.95. The van der Waals surface area contributed by atoms with E-state index in [1.165, 1.54) is 32.1 Å². The molecule has 1 aliphatic rings. The topological polar surface area (TPSA) is 38.9 Å². The van der Waals surface area contributed by atoms with Crippen LogP contribution in [0.4, 0.5) is 0 Å². The molecule has 3 heteroatoms. The van der Waals surface area contributed by atoms with Crippen LogP contribution in [0.3, 0.4) is 0 Å². The van der Waals surface area contributed by atoms with E-state index in [4.69, 9.17) is 4.42 Å². The molecule has 3 nitrogen and oxygen atoms in total. The fraction of sp³-hybridized carbons (Fsp3) is 0.833. The van der Waals surface area contributed by atoms with Crippen molar-refractivity contribution in [1.29, 1.82) is 0 Å². The third kappa shape index (κ3) is 2.39. The molecule has 0 amide bonds. The van der Waals surface area contributed by atoms with Gasteiger partial charge in [0.2, 0.25) is 11.8 Å². The van der Waals surface area contributed by atoms with Gasteiger partial charge < -0.3 is 4.42 Å². The lowest BCUT2D eigenvalue weighted by Gasteiger charge is -2.25. The van der Waals surface area contributed by atoms with Gasteiger partial charge in [-0.2, -0.15) is 0 Å². The van der Waals surface area contributed by atoms with Crippen molar-refractivity contribution in [2.24, 2.45) is 5.92 Å². The molecule has 0 spiro atoms. The Labute approximate surface area is 91.3 Å². The summed E-state index contributed by atoms with van der Waals surface area (Å²) in [5.41, 5.74) is 0. The largest absolute Gasteiger partial charge is 0.425 e. The summed E-state index contributed by atoms with van der Waals surface area (Å²) < 4.78 is 5.62. The molecule has 1 saturated carbocycles. The van der Waals surface area contributed by atoms with E-state index in [1.807, 2.05) is 6.92 Å². The number of hydrogen-bond donors (Lipinski definition) is 0. The first-order chi connectivity index (χ1) is 7.33. The first-order valence-electron chi connectivity index (χ1n) is 6.15. The second kappa shape index (κ2) is 4.77. The predicted octanol–water partition coefficient (Wildman–Crippen LogP) is 3.32. The van der Waals surface area contributed by atoms with Crippen molar-refractivity contribution in [2.75, 3.05) is 0 Å². The molecule has 84 valence electrons. The molecular weight excluding hydrogens is 188 g/mol. The fourth-order valence-electron chi connectivity index (χ4n) is 2.39. The quantitative estimate of drug-likeness (QED) is 0.765. The van der Waals surface area contributed by atoms with Crippen LogP contribution in [-0.2, 0) is 6.42 Å². The summed E-state index contributed by atoms with van der Waals surface area (Å²) in [6, 6.07) is 0. The highest BCUT2D eigenvalue weighted by atomic mass is 16.4. The Hall–Kier alpha value is -0.860. The molecule has 0 aromatic carbocycles. The van der Waals surface area contributed by atoms with E-state index >= 15 is 0 Å². The minimum absolute atomic E-state index is 0.528. The maximum atomic E-state index is 5.62. The van der Waals surface area contributed by atoms with E-state index in [0.717, 1.165) is 24.1 Å². The molecular formula is C12H20N2O. The van der Waals surface area contributed by atoms with Crippen LogP contribution in [0.5, 0.6) is 0 Å². The maximum Gasteiger partial charge on any atom is 0.219 e. The Morgan fingerprint density at radius 2 is 1.87 bits per heavy atom. The lowest BCUT2D eigenvalue weighted by atomic mass is 9.81. The van der Waals surface area contributed by atoms with Gasteiger partial charge in [-0.3, -0.25) is 0 Å². The summed E-state index contributed by atoms with van der Waals surface area (Å²) in [5, 5.41) is 8.18. The zero-order valence-electron chi connectivity index (χ0n) is 9.70. The van der Waals surface area contributed by atoms with Crippen molar-refractivity contribution in [3.8, 4) is 0 Å². The lowest BCUT2D eigenvalue weighted by Crippen LogP contribution is -2.12. The van der Waals surface area contributed by atoms with E-state index in [2.05, 4.69) is 17.1 Å². The third-order valence-electron chi connectivity index (χ3n) is 3.56. The Kier molecular flexibility index (Phi) is 3.39. The van der Waals surface area contributed by atoms with Crippen molar-refractivity contribution in [1.82, 2.24) is 10.2 Å². The van der Waals surface area contributed by atoms with Crippen LogP contribution in [0.2, 0.25) is 0 Å². The predicted molar refractivity (Wildman–Crippen MR) is 58.7 cm³/mol. The van der Waals surface area contributed by atoms with Crippen LogP contribution < -0.4 is 0 Å². The van der Waals surface area contributed by atoms with E-state index in [9.17, 15) is 0 Å². The standard InChI is InChI=1S/C12H20N2O/c1-3-9-5-7-10(8-6-9)12-14-13-11(4-2)15-12/h9-10H,3-8H2,1-2H3/t9-,10-. The molecule has 0 bridgehead atoms. The molecule has 1 aliphatic carbocycles. The van der Waals surface area contributed by atoms with Crippen LogP contribution in [0.25, 0.3) is 0 Å². The smallest absolute Gasteiger partial charge is 0.219 e. The van der Waals surface area contributed by atoms with Gasteiger partial charge in [-0.15, -0.1) is 10.2 Å². The number of aryl methyl sites for hydroxylation is 1. The molecule has 1 aromatic rings. The minimum atomic E-state index is 0.528. The van der Waals surface area contributed by atoms with Gasteiger partial charge in [0.25, 0.3) is 0 Å². The molecule has 1 aromatic heterocycles. The maximum absolute atomic E-state index is 5.62. The molecule has 1 heterocycles. The highest BCUT2D eigenvalue weighted by Crippen LogP contribution is 2.36. The van der Waals surface area contributed by atoms with Gasteiger partial charge in [0.15, 0.2) is 0 Å². The number of nitrogens with zero attached hydrogens (tertiary/aromatic N) is 2. The van der Waals surface area contributed by atoms with Crippen molar-refractivity contribution in [3.05, 3.63) is 11.8 Å². The summed E-state index contributed by atoms with van der Waals surface area (Å²) in [7, 11) is 0. The fourth-order valence-corrected chi connectivity index (χ4v) is 2.39. The summed E-state index contributed by atoms with van der Waals surface area (Å²) in [6.45, 7) is 4.33. The first-order valence-corrected chi connectivity index (χ1v) is 6.15. The molecule has 0 saturated heterocycles. The average molecular weight is 208 g/mol. The minimum Gasteiger partial charge on any atom is -0.425 e. The van der Waals surface area contributed by atoms with Crippen molar-refractivity contribution >= 4 is 0 Å². The van der Waals surface area contributed by atoms with Crippen molar-refractivity contribution in [2.45, 2.75) is 58.3 Å². The van der Waals surface area contributed by atoms with Crippen LogP contribution >= 0.6 is 0 Å². The number of hydrogen-bond acceptors (Lipinski definition) is 3. The molecule has 0 aliphatic heterocycles. The van der Waals surface area contributed by atoms with E-state index in [-0.39, 0.29) is 0 Å². The van der Waals surface area contributed by atoms with Crippen LogP contribution in [0.1, 0.15) is 63.7 Å². The first kappa shape index (κ1) is 10.7. The highest BCUT2D eigenvalue weighted by molar-refractivity contribution is 4.94. The molecule has 15 heavy (non-hydrogen) atoms. The zero-order valence-corrected chi connectivity index (χ0v) is 9.70. The SMILES string of the molecule is CCc1nnc([C@H]2CC[C@H](CC)CC2)o1. The van der Waals surface area contributed by atoms with Crippen molar-refractivity contribution in [3.63, 3.8) is 0 Å².